The zero-order valence-electron chi connectivity index (χ0n) is 16.9. The fourth-order valence-corrected chi connectivity index (χ4v) is 3.60. The molecule has 166 valence electrons. The van der Waals surface area contributed by atoms with Gasteiger partial charge in [0.05, 0.1) is 11.5 Å². The minimum Gasteiger partial charge on any atom is -0.352 e. The first kappa shape index (κ1) is 21.5. The average Bonchev–Trinajstić information content (AvgIpc) is 3.43. The molecule has 1 N–H and O–H groups in total. The number of hydrogen-bond donors (Lipinski definition) is 1. The lowest BCUT2D eigenvalue weighted by molar-refractivity contribution is -0.137. The number of aromatic nitrogens is 3. The summed E-state index contributed by atoms with van der Waals surface area (Å²) in [5.41, 5.74) is 0.434. The normalized spacial score (nSPS) is 16.4. The second kappa shape index (κ2) is 8.81. The second-order valence-corrected chi connectivity index (χ2v) is 7.56. The molecule has 1 saturated heterocycles. The highest BCUT2D eigenvalue weighted by Gasteiger charge is 2.35. The Morgan fingerprint density at radius 2 is 1.97 bits per heavy atom. The van der Waals surface area contributed by atoms with E-state index < -0.39 is 17.7 Å². The van der Waals surface area contributed by atoms with Crippen molar-refractivity contribution in [2.75, 3.05) is 6.54 Å². The van der Waals surface area contributed by atoms with E-state index in [0.29, 0.717) is 11.4 Å². The Hall–Kier alpha value is -3.69. The van der Waals surface area contributed by atoms with Crippen LogP contribution in [0.25, 0.3) is 5.82 Å². The van der Waals surface area contributed by atoms with Gasteiger partial charge in [-0.25, -0.2) is 9.67 Å². The number of nitrogens with one attached hydrogen (secondary N) is 1. The van der Waals surface area contributed by atoms with E-state index in [2.05, 4.69) is 15.4 Å². The molecule has 0 spiro atoms. The van der Waals surface area contributed by atoms with Crippen molar-refractivity contribution < 1.29 is 22.8 Å². The molecule has 1 atom stereocenters. The van der Waals surface area contributed by atoms with Crippen LogP contribution in [0.4, 0.5) is 13.2 Å². The van der Waals surface area contributed by atoms with Gasteiger partial charge in [-0.3, -0.25) is 9.59 Å². The molecule has 1 aliphatic heterocycles. The molecule has 3 aromatic rings. The van der Waals surface area contributed by atoms with Gasteiger partial charge in [0.1, 0.15) is 0 Å². The van der Waals surface area contributed by atoms with E-state index in [-0.39, 0.29) is 37.9 Å². The standard InChI is InChI=1S/C22H20F3N5O2/c23-22(24,25)18-4-1-3-16(9-18)13-29-14-17(11-20(29)31)21(32)27-12-15-5-7-26-19(10-15)30-8-2-6-28-30/h1-10,17H,11-14H2,(H,27,32). The monoisotopic (exact) mass is 443 g/mol. The van der Waals surface area contributed by atoms with Crippen LogP contribution < -0.4 is 5.32 Å². The average molecular weight is 443 g/mol. The number of alkyl halides is 3. The van der Waals surface area contributed by atoms with Gasteiger partial charge in [-0.2, -0.15) is 18.3 Å². The molecule has 10 heteroatoms. The third-order valence-electron chi connectivity index (χ3n) is 5.23. The summed E-state index contributed by atoms with van der Waals surface area (Å²) < 4.78 is 40.3. The van der Waals surface area contributed by atoms with E-state index >= 15 is 0 Å². The van der Waals surface area contributed by atoms with Crippen LogP contribution in [-0.2, 0) is 28.9 Å². The van der Waals surface area contributed by atoms with Crippen molar-refractivity contribution in [1.29, 1.82) is 0 Å². The SMILES string of the molecule is O=C(NCc1ccnc(-n2cccn2)c1)C1CC(=O)N(Cc2cccc(C(F)(F)F)c2)C1. The second-order valence-electron chi connectivity index (χ2n) is 7.56. The van der Waals surface area contributed by atoms with Crippen molar-refractivity contribution in [1.82, 2.24) is 25.0 Å². The number of hydrogen-bond acceptors (Lipinski definition) is 4. The van der Waals surface area contributed by atoms with Gasteiger partial charge in [0, 0.05) is 44.6 Å². The first-order chi connectivity index (χ1) is 15.3. The predicted molar refractivity (Wildman–Crippen MR) is 108 cm³/mol. The van der Waals surface area contributed by atoms with Crippen molar-refractivity contribution in [2.45, 2.75) is 25.7 Å². The van der Waals surface area contributed by atoms with E-state index in [9.17, 15) is 22.8 Å². The quantitative estimate of drug-likeness (QED) is 0.635. The molecule has 1 aromatic carbocycles. The van der Waals surface area contributed by atoms with Crippen LogP contribution in [0.15, 0.2) is 61.1 Å². The van der Waals surface area contributed by atoms with Gasteiger partial charge in [-0.05, 0) is 41.5 Å². The Morgan fingerprint density at radius 1 is 1.12 bits per heavy atom. The number of pyridine rings is 1. The Labute approximate surface area is 181 Å². The van der Waals surface area contributed by atoms with Gasteiger partial charge in [0.2, 0.25) is 11.8 Å². The molecule has 0 radical (unpaired) electrons. The summed E-state index contributed by atoms with van der Waals surface area (Å²) >= 11 is 0. The fourth-order valence-electron chi connectivity index (χ4n) is 3.60. The van der Waals surface area contributed by atoms with E-state index in [1.807, 2.05) is 0 Å². The van der Waals surface area contributed by atoms with Gasteiger partial charge >= 0.3 is 6.18 Å². The van der Waals surface area contributed by atoms with E-state index in [1.54, 1.807) is 41.5 Å². The predicted octanol–water partition coefficient (Wildman–Crippen LogP) is 2.95. The molecular weight excluding hydrogens is 423 g/mol. The van der Waals surface area contributed by atoms with Gasteiger partial charge in [-0.1, -0.05) is 12.1 Å². The molecule has 1 fully saturated rings. The molecule has 4 rings (SSSR count). The molecular formula is C22H20F3N5O2. The Kier molecular flexibility index (Phi) is 5.93. The van der Waals surface area contributed by atoms with Crippen LogP contribution in [0.2, 0.25) is 0 Å². The highest BCUT2D eigenvalue weighted by Crippen LogP contribution is 2.30. The maximum atomic E-state index is 12.9. The topological polar surface area (TPSA) is 80.1 Å². The molecule has 2 aromatic heterocycles. The molecule has 0 saturated carbocycles. The zero-order valence-corrected chi connectivity index (χ0v) is 16.9. The van der Waals surface area contributed by atoms with Crippen molar-refractivity contribution >= 4 is 11.8 Å². The number of nitrogens with zero attached hydrogens (tertiary/aromatic N) is 4. The third kappa shape index (κ3) is 4.96. The van der Waals surface area contributed by atoms with Gasteiger partial charge < -0.3 is 10.2 Å². The summed E-state index contributed by atoms with van der Waals surface area (Å²) in [5, 5.41) is 6.94. The molecule has 1 unspecified atom stereocenters. The molecule has 7 nitrogen and oxygen atoms in total. The van der Waals surface area contributed by atoms with Gasteiger partial charge in [-0.15, -0.1) is 0 Å². The van der Waals surface area contributed by atoms with Crippen LogP contribution >= 0.6 is 0 Å². The summed E-state index contributed by atoms with van der Waals surface area (Å²) in [6.07, 6.45) is 0.595. The lowest BCUT2D eigenvalue weighted by atomic mass is 10.1. The zero-order chi connectivity index (χ0) is 22.7. The van der Waals surface area contributed by atoms with Gasteiger partial charge in [0.15, 0.2) is 5.82 Å². The summed E-state index contributed by atoms with van der Waals surface area (Å²) in [6.45, 7) is 0.452. The number of benzene rings is 1. The van der Waals surface area contributed by atoms with Gasteiger partial charge in [0.25, 0.3) is 0 Å². The van der Waals surface area contributed by atoms with Crippen LogP contribution in [0.5, 0.6) is 0 Å². The summed E-state index contributed by atoms with van der Waals surface area (Å²) in [6, 6.07) is 10.2. The van der Waals surface area contributed by atoms with Crippen LogP contribution in [0.1, 0.15) is 23.1 Å². The van der Waals surface area contributed by atoms with E-state index in [0.717, 1.165) is 17.7 Å². The lowest BCUT2D eigenvalue weighted by Gasteiger charge is -2.18. The Bertz CT molecular complexity index is 1110. The number of rotatable bonds is 6. The lowest BCUT2D eigenvalue weighted by Crippen LogP contribution is -2.32. The highest BCUT2D eigenvalue weighted by atomic mass is 19.4. The van der Waals surface area contributed by atoms with Crippen molar-refractivity contribution in [2.24, 2.45) is 5.92 Å². The number of likely N-dealkylation sites (tertiary alicyclic amines) is 1. The number of halogens is 3. The first-order valence-electron chi connectivity index (χ1n) is 9.96. The minimum absolute atomic E-state index is 0.0275. The minimum atomic E-state index is -4.45. The molecule has 0 bridgehead atoms. The molecule has 2 amide bonds. The summed E-state index contributed by atoms with van der Waals surface area (Å²) in [5.74, 6) is -0.472. The fraction of sp³-hybridized carbons (Fsp3) is 0.273. The van der Waals surface area contributed by atoms with Crippen LogP contribution in [0, 0.1) is 5.92 Å². The van der Waals surface area contributed by atoms with E-state index in [1.165, 1.54) is 17.0 Å². The Morgan fingerprint density at radius 3 is 2.72 bits per heavy atom. The highest BCUT2D eigenvalue weighted by molar-refractivity contribution is 5.89. The number of carbonyl (C=O) groups is 2. The van der Waals surface area contributed by atoms with E-state index in [4.69, 9.17) is 0 Å². The maximum Gasteiger partial charge on any atom is 0.416 e. The molecule has 3 heterocycles. The number of amides is 2. The van der Waals surface area contributed by atoms with Crippen molar-refractivity contribution in [3.8, 4) is 5.82 Å². The Balaban J connectivity index is 1.34. The maximum absolute atomic E-state index is 12.9. The van der Waals surface area contributed by atoms with Crippen LogP contribution in [-0.4, -0.2) is 38.0 Å². The third-order valence-corrected chi connectivity index (χ3v) is 5.23. The first-order valence-corrected chi connectivity index (χ1v) is 9.96. The smallest absolute Gasteiger partial charge is 0.352 e. The molecule has 1 aliphatic rings. The van der Waals surface area contributed by atoms with Crippen molar-refractivity contribution in [3.05, 3.63) is 77.7 Å². The van der Waals surface area contributed by atoms with Crippen LogP contribution in [0.3, 0.4) is 0 Å². The summed E-state index contributed by atoms with van der Waals surface area (Å²) in [4.78, 5) is 30.6. The van der Waals surface area contributed by atoms with Crippen molar-refractivity contribution in [3.63, 3.8) is 0 Å². The number of carbonyl (C=O) groups excluding carboxylic acids is 2. The molecule has 0 aliphatic carbocycles. The largest absolute Gasteiger partial charge is 0.416 e. The summed E-state index contributed by atoms with van der Waals surface area (Å²) in [7, 11) is 0. The molecule has 32 heavy (non-hydrogen) atoms.